The summed E-state index contributed by atoms with van der Waals surface area (Å²) < 4.78 is 11.4. The zero-order chi connectivity index (χ0) is 20.5. The number of hydrogen-bond acceptors (Lipinski definition) is 4. The number of aliphatic imine (C=N–C) groups is 1. The Morgan fingerprint density at radius 2 is 1.72 bits per heavy atom. The van der Waals surface area contributed by atoms with Gasteiger partial charge in [0.25, 0.3) is 0 Å². The molecule has 0 aliphatic rings. The van der Waals surface area contributed by atoms with Crippen LogP contribution in [0.3, 0.4) is 0 Å². The Morgan fingerprint density at radius 1 is 1.00 bits per heavy atom. The van der Waals surface area contributed by atoms with Crippen LogP contribution in [0.4, 0.5) is 0 Å². The van der Waals surface area contributed by atoms with Gasteiger partial charge in [-0.15, -0.1) is 0 Å². The van der Waals surface area contributed by atoms with E-state index >= 15 is 0 Å². The molecule has 29 heavy (non-hydrogen) atoms. The van der Waals surface area contributed by atoms with Crippen molar-refractivity contribution in [1.29, 1.82) is 0 Å². The van der Waals surface area contributed by atoms with E-state index in [2.05, 4.69) is 44.9 Å². The van der Waals surface area contributed by atoms with Crippen molar-refractivity contribution in [2.24, 2.45) is 4.99 Å². The van der Waals surface area contributed by atoms with E-state index in [4.69, 9.17) is 9.15 Å². The van der Waals surface area contributed by atoms with Crippen LogP contribution in [0.25, 0.3) is 0 Å². The Morgan fingerprint density at radius 3 is 2.38 bits per heavy atom. The van der Waals surface area contributed by atoms with Gasteiger partial charge in [0, 0.05) is 6.54 Å². The van der Waals surface area contributed by atoms with Crippen LogP contribution < -0.4 is 15.4 Å². The zero-order valence-corrected chi connectivity index (χ0v) is 17.2. The molecule has 0 amide bonds. The molecule has 3 aromatic rings. The van der Waals surface area contributed by atoms with Crippen LogP contribution in [-0.4, -0.2) is 17.5 Å². The van der Waals surface area contributed by atoms with E-state index in [1.807, 2.05) is 51.1 Å². The Labute approximate surface area is 172 Å². The van der Waals surface area contributed by atoms with E-state index in [0.29, 0.717) is 25.6 Å². The van der Waals surface area contributed by atoms with Crippen molar-refractivity contribution in [1.82, 2.24) is 15.6 Å². The molecule has 1 aromatic heterocycles. The SMILES string of the molecule is CCNC(=NCc1ccc(COc2ccccc2)cc1)NCc1nc(C)c(C)o1. The molecule has 6 nitrogen and oxygen atoms in total. The Balaban J connectivity index is 1.52. The molecule has 0 saturated carbocycles. The maximum atomic E-state index is 5.78. The van der Waals surface area contributed by atoms with Crippen LogP contribution in [0.2, 0.25) is 0 Å². The maximum Gasteiger partial charge on any atom is 0.214 e. The highest BCUT2D eigenvalue weighted by molar-refractivity contribution is 5.79. The molecule has 0 bridgehead atoms. The Bertz CT molecular complexity index is 898. The van der Waals surface area contributed by atoms with Gasteiger partial charge >= 0.3 is 0 Å². The highest BCUT2D eigenvalue weighted by Gasteiger charge is 2.06. The van der Waals surface area contributed by atoms with Crippen molar-refractivity contribution in [2.75, 3.05) is 6.54 Å². The summed E-state index contributed by atoms with van der Waals surface area (Å²) in [7, 11) is 0. The van der Waals surface area contributed by atoms with Crippen molar-refractivity contribution < 1.29 is 9.15 Å². The quantitative estimate of drug-likeness (QED) is 0.446. The Hall–Kier alpha value is -3.28. The van der Waals surface area contributed by atoms with E-state index in [0.717, 1.165) is 40.8 Å². The van der Waals surface area contributed by atoms with Gasteiger partial charge in [0.2, 0.25) is 5.89 Å². The van der Waals surface area contributed by atoms with Crippen LogP contribution in [0, 0.1) is 13.8 Å². The molecule has 0 aliphatic carbocycles. The molecule has 0 aliphatic heterocycles. The first kappa shape index (κ1) is 20.5. The number of nitrogens with one attached hydrogen (secondary N) is 2. The minimum absolute atomic E-state index is 0.496. The number of aryl methyl sites for hydroxylation is 2. The third-order valence-electron chi connectivity index (χ3n) is 4.42. The standard InChI is InChI=1S/C23H28N4O2/c1-4-24-23(26-15-22-27-17(2)18(3)29-22)25-14-19-10-12-20(13-11-19)16-28-21-8-6-5-7-9-21/h5-13H,4,14-16H2,1-3H3,(H2,24,25,26). The van der Waals surface area contributed by atoms with Crippen molar-refractivity contribution in [3.05, 3.63) is 83.1 Å². The zero-order valence-electron chi connectivity index (χ0n) is 17.2. The molecule has 6 heteroatoms. The molecule has 0 saturated heterocycles. The average Bonchev–Trinajstić information content (AvgIpc) is 3.07. The summed E-state index contributed by atoms with van der Waals surface area (Å²) in [5.74, 6) is 3.12. The van der Waals surface area contributed by atoms with Crippen molar-refractivity contribution in [3.63, 3.8) is 0 Å². The van der Waals surface area contributed by atoms with E-state index in [1.54, 1.807) is 0 Å². The van der Waals surface area contributed by atoms with Crippen LogP contribution >= 0.6 is 0 Å². The van der Waals surface area contributed by atoms with Gasteiger partial charge in [0.15, 0.2) is 5.96 Å². The highest BCUT2D eigenvalue weighted by Crippen LogP contribution is 2.13. The molecular weight excluding hydrogens is 364 g/mol. The summed E-state index contributed by atoms with van der Waals surface area (Å²) in [5, 5.41) is 6.50. The van der Waals surface area contributed by atoms with Gasteiger partial charge in [-0.3, -0.25) is 0 Å². The third-order valence-corrected chi connectivity index (χ3v) is 4.42. The fraction of sp³-hybridized carbons (Fsp3) is 0.304. The van der Waals surface area contributed by atoms with Crippen molar-refractivity contribution in [3.8, 4) is 5.75 Å². The summed E-state index contributed by atoms with van der Waals surface area (Å²) in [6.07, 6.45) is 0. The van der Waals surface area contributed by atoms with Gasteiger partial charge in [0.05, 0.1) is 18.8 Å². The van der Waals surface area contributed by atoms with Crippen LogP contribution in [0.5, 0.6) is 5.75 Å². The molecule has 2 N–H and O–H groups in total. The van der Waals surface area contributed by atoms with Crippen LogP contribution in [0.1, 0.15) is 35.4 Å². The number of aromatic nitrogens is 1. The molecule has 0 fully saturated rings. The fourth-order valence-electron chi connectivity index (χ4n) is 2.71. The number of hydrogen-bond donors (Lipinski definition) is 2. The second-order valence-electron chi connectivity index (χ2n) is 6.72. The van der Waals surface area contributed by atoms with E-state index in [9.17, 15) is 0 Å². The van der Waals surface area contributed by atoms with Crippen molar-refractivity contribution in [2.45, 2.75) is 40.5 Å². The first-order chi connectivity index (χ1) is 14.1. The molecular formula is C23H28N4O2. The second-order valence-corrected chi connectivity index (χ2v) is 6.72. The van der Waals surface area contributed by atoms with Crippen molar-refractivity contribution >= 4 is 5.96 Å². The minimum Gasteiger partial charge on any atom is -0.489 e. The predicted molar refractivity (Wildman–Crippen MR) is 115 cm³/mol. The number of oxazole rings is 1. The normalized spacial score (nSPS) is 11.3. The average molecular weight is 393 g/mol. The first-order valence-corrected chi connectivity index (χ1v) is 9.85. The number of rotatable bonds is 8. The summed E-state index contributed by atoms with van der Waals surface area (Å²) in [6.45, 7) is 8.31. The lowest BCUT2D eigenvalue weighted by Crippen LogP contribution is -2.36. The van der Waals surface area contributed by atoms with E-state index in [-0.39, 0.29) is 0 Å². The number of para-hydroxylation sites is 1. The summed E-state index contributed by atoms with van der Waals surface area (Å²) in [6, 6.07) is 18.1. The number of nitrogens with zero attached hydrogens (tertiary/aromatic N) is 2. The lowest BCUT2D eigenvalue weighted by Gasteiger charge is -2.10. The molecule has 0 spiro atoms. The highest BCUT2D eigenvalue weighted by atomic mass is 16.5. The van der Waals surface area contributed by atoms with Gasteiger partial charge in [-0.1, -0.05) is 42.5 Å². The summed E-state index contributed by atoms with van der Waals surface area (Å²) >= 11 is 0. The maximum absolute atomic E-state index is 5.78. The predicted octanol–water partition coefficient (Wildman–Crippen LogP) is 4.13. The largest absolute Gasteiger partial charge is 0.489 e. The minimum atomic E-state index is 0.496. The molecule has 1 heterocycles. The summed E-state index contributed by atoms with van der Waals surface area (Å²) in [5.41, 5.74) is 3.18. The van der Waals surface area contributed by atoms with Gasteiger partial charge in [0.1, 0.15) is 18.1 Å². The van der Waals surface area contributed by atoms with Crippen LogP contribution in [-0.2, 0) is 19.7 Å². The lowest BCUT2D eigenvalue weighted by molar-refractivity contribution is 0.306. The van der Waals surface area contributed by atoms with Gasteiger partial charge in [-0.25, -0.2) is 9.98 Å². The molecule has 2 aromatic carbocycles. The van der Waals surface area contributed by atoms with E-state index < -0.39 is 0 Å². The number of guanidine groups is 1. The topological polar surface area (TPSA) is 71.7 Å². The second kappa shape index (κ2) is 10.3. The molecule has 0 unspecified atom stereocenters. The van der Waals surface area contributed by atoms with Gasteiger partial charge in [-0.05, 0) is 44.0 Å². The first-order valence-electron chi connectivity index (χ1n) is 9.85. The monoisotopic (exact) mass is 392 g/mol. The van der Waals surface area contributed by atoms with Crippen LogP contribution in [0.15, 0.2) is 64.0 Å². The molecule has 0 radical (unpaired) electrons. The number of benzene rings is 2. The smallest absolute Gasteiger partial charge is 0.214 e. The fourth-order valence-corrected chi connectivity index (χ4v) is 2.71. The Kier molecular flexibility index (Phi) is 7.28. The third kappa shape index (κ3) is 6.38. The van der Waals surface area contributed by atoms with Gasteiger partial charge in [-0.2, -0.15) is 0 Å². The summed E-state index contributed by atoms with van der Waals surface area (Å²) in [4.78, 5) is 9.03. The molecule has 152 valence electrons. The van der Waals surface area contributed by atoms with E-state index in [1.165, 1.54) is 0 Å². The molecule has 3 rings (SSSR count). The number of ether oxygens (including phenoxy) is 1. The van der Waals surface area contributed by atoms with Gasteiger partial charge < -0.3 is 19.8 Å². The lowest BCUT2D eigenvalue weighted by atomic mass is 10.1. The molecule has 0 atom stereocenters.